The number of nitrogens with two attached hydrogens (primary N) is 1. The Balaban J connectivity index is 1.48. The zero-order chi connectivity index (χ0) is 27.4. The van der Waals surface area contributed by atoms with Crippen molar-refractivity contribution in [2.24, 2.45) is 5.14 Å². The normalized spacial score (nSPS) is 15.7. The zero-order valence-corrected chi connectivity index (χ0v) is 20.4. The lowest BCUT2D eigenvalue weighted by Gasteiger charge is -2.23. The number of pyridine rings is 2. The van der Waals surface area contributed by atoms with E-state index in [0.29, 0.717) is 23.3 Å². The van der Waals surface area contributed by atoms with Crippen molar-refractivity contribution in [1.29, 1.82) is 0 Å². The van der Waals surface area contributed by atoms with Crippen LogP contribution in [0.25, 0.3) is 22.2 Å². The SMILES string of the molecule is C[C@@H]1CNC(=O)c2cc3ccc(C(=O)Nc4ccc(-c5ccc(C(F)(F)F)nc5)cc4S(N)(=O)=O)nc3n21. The van der Waals surface area contributed by atoms with Gasteiger partial charge in [0.05, 0.1) is 11.7 Å². The molecule has 1 atom stereocenters. The summed E-state index contributed by atoms with van der Waals surface area (Å²) in [5.41, 5.74) is -0.00844. The first-order valence-electron chi connectivity index (χ1n) is 11.1. The lowest BCUT2D eigenvalue weighted by atomic mass is 10.1. The second kappa shape index (κ2) is 8.92. The number of benzene rings is 1. The van der Waals surface area contributed by atoms with Crippen molar-refractivity contribution in [3.8, 4) is 11.1 Å². The monoisotopic (exact) mass is 544 g/mol. The molecular weight excluding hydrogens is 525 g/mol. The molecular formula is C24H19F3N6O4S. The quantitative estimate of drug-likeness (QED) is 0.359. The van der Waals surface area contributed by atoms with E-state index in [9.17, 15) is 31.2 Å². The number of anilines is 1. The standard InChI is InChI=1S/C24H19F3N6O4S/c1-12-10-30-23(35)18-8-14-3-6-17(31-21(14)33(12)18)22(34)32-16-5-2-13(9-19(16)38(28,36)37)15-4-7-20(29-11-15)24(25,26)27/h2-9,11-12H,10H2,1H3,(H,30,35)(H,32,34)(H2,28,36,37)/t12-/m1/s1. The summed E-state index contributed by atoms with van der Waals surface area (Å²) < 4.78 is 64.8. The van der Waals surface area contributed by atoms with Crippen molar-refractivity contribution >= 4 is 38.6 Å². The second-order valence-electron chi connectivity index (χ2n) is 8.71. The summed E-state index contributed by atoms with van der Waals surface area (Å²) in [5.74, 6) is -0.988. The molecule has 1 aliphatic heterocycles. The van der Waals surface area contributed by atoms with Gasteiger partial charge in [-0.2, -0.15) is 13.2 Å². The first-order valence-corrected chi connectivity index (χ1v) is 12.7. The molecule has 1 aromatic carbocycles. The lowest BCUT2D eigenvalue weighted by molar-refractivity contribution is -0.141. The first kappa shape index (κ1) is 25.4. The summed E-state index contributed by atoms with van der Waals surface area (Å²) in [4.78, 5) is 32.6. The number of alkyl halides is 3. The van der Waals surface area contributed by atoms with Gasteiger partial charge in [0.15, 0.2) is 0 Å². The van der Waals surface area contributed by atoms with E-state index in [0.717, 1.165) is 24.4 Å². The van der Waals surface area contributed by atoms with Gasteiger partial charge < -0.3 is 15.2 Å². The predicted molar refractivity (Wildman–Crippen MR) is 131 cm³/mol. The minimum Gasteiger partial charge on any atom is -0.349 e. The summed E-state index contributed by atoms with van der Waals surface area (Å²) in [6, 6.07) is 10.4. The van der Waals surface area contributed by atoms with Gasteiger partial charge in [-0.05, 0) is 48.9 Å². The fourth-order valence-corrected chi connectivity index (χ4v) is 4.94. The second-order valence-corrected chi connectivity index (χ2v) is 10.2. The van der Waals surface area contributed by atoms with Crippen LogP contribution in [0.3, 0.4) is 0 Å². The van der Waals surface area contributed by atoms with Crippen LogP contribution < -0.4 is 15.8 Å². The number of rotatable bonds is 4. The highest BCUT2D eigenvalue weighted by molar-refractivity contribution is 7.89. The number of sulfonamides is 1. The smallest absolute Gasteiger partial charge is 0.349 e. The maximum absolute atomic E-state index is 13.0. The molecule has 0 aliphatic carbocycles. The van der Waals surface area contributed by atoms with Crippen LogP contribution in [0.1, 0.15) is 39.6 Å². The van der Waals surface area contributed by atoms with Gasteiger partial charge in [-0.1, -0.05) is 12.1 Å². The number of nitrogens with zero attached hydrogens (tertiary/aromatic N) is 3. The highest BCUT2D eigenvalue weighted by Crippen LogP contribution is 2.32. The minimum absolute atomic E-state index is 0.0343. The van der Waals surface area contributed by atoms with Gasteiger partial charge in [0.2, 0.25) is 10.0 Å². The predicted octanol–water partition coefficient (Wildman–Crippen LogP) is 3.32. The van der Waals surface area contributed by atoms with Crippen LogP contribution in [0.5, 0.6) is 0 Å². The van der Waals surface area contributed by atoms with Crippen LogP contribution in [0.15, 0.2) is 59.6 Å². The Kier molecular flexibility index (Phi) is 5.95. The molecule has 4 N–H and O–H groups in total. The molecule has 14 heteroatoms. The summed E-state index contributed by atoms with van der Waals surface area (Å²) >= 11 is 0. The molecule has 5 rings (SSSR count). The third kappa shape index (κ3) is 4.59. The number of primary sulfonamides is 1. The average Bonchev–Trinajstić information content (AvgIpc) is 3.25. The van der Waals surface area contributed by atoms with Crippen molar-refractivity contribution in [2.75, 3.05) is 11.9 Å². The number of aromatic nitrogens is 3. The third-order valence-electron chi connectivity index (χ3n) is 6.07. The molecule has 0 bridgehead atoms. The number of nitrogens with one attached hydrogen (secondary N) is 2. The Morgan fingerprint density at radius 2 is 1.87 bits per heavy atom. The highest BCUT2D eigenvalue weighted by atomic mass is 32.2. The Bertz CT molecular complexity index is 1720. The van der Waals surface area contributed by atoms with Gasteiger partial charge >= 0.3 is 6.18 Å². The molecule has 38 heavy (non-hydrogen) atoms. The molecule has 4 aromatic rings. The van der Waals surface area contributed by atoms with Crippen molar-refractivity contribution in [1.82, 2.24) is 19.9 Å². The minimum atomic E-state index is -4.62. The summed E-state index contributed by atoms with van der Waals surface area (Å²) in [7, 11) is -4.36. The third-order valence-corrected chi connectivity index (χ3v) is 7.02. The lowest BCUT2D eigenvalue weighted by Crippen LogP contribution is -2.37. The topological polar surface area (TPSA) is 149 Å². The van der Waals surface area contributed by atoms with Gasteiger partial charge in [0.1, 0.15) is 27.6 Å². The summed E-state index contributed by atoms with van der Waals surface area (Å²) in [6.07, 6.45) is -3.66. The van der Waals surface area contributed by atoms with Crippen molar-refractivity contribution in [3.05, 3.63) is 71.8 Å². The molecule has 3 aromatic heterocycles. The fourth-order valence-electron chi connectivity index (χ4n) is 4.22. The van der Waals surface area contributed by atoms with Gasteiger partial charge in [-0.15, -0.1) is 0 Å². The van der Waals surface area contributed by atoms with E-state index < -0.39 is 32.7 Å². The van der Waals surface area contributed by atoms with E-state index in [1.807, 2.05) is 6.92 Å². The Hall–Kier alpha value is -4.30. The van der Waals surface area contributed by atoms with Crippen LogP contribution in [-0.4, -0.2) is 41.3 Å². The molecule has 4 heterocycles. The Morgan fingerprint density at radius 3 is 2.53 bits per heavy atom. The van der Waals surface area contributed by atoms with Crippen LogP contribution in [0, 0.1) is 0 Å². The Labute approximate surface area is 213 Å². The molecule has 0 radical (unpaired) electrons. The van der Waals surface area contributed by atoms with Crippen molar-refractivity contribution in [2.45, 2.75) is 24.0 Å². The average molecular weight is 545 g/mol. The molecule has 0 saturated carbocycles. The van der Waals surface area contributed by atoms with E-state index in [1.165, 1.54) is 18.2 Å². The van der Waals surface area contributed by atoms with Crippen LogP contribution in [0.2, 0.25) is 0 Å². The van der Waals surface area contributed by atoms with E-state index in [-0.39, 0.29) is 34.5 Å². The summed E-state index contributed by atoms with van der Waals surface area (Å²) in [6.45, 7) is 2.29. The van der Waals surface area contributed by atoms with Gasteiger partial charge in [-0.3, -0.25) is 14.6 Å². The Morgan fingerprint density at radius 1 is 1.13 bits per heavy atom. The van der Waals surface area contributed by atoms with Crippen LogP contribution in [-0.2, 0) is 16.2 Å². The molecule has 0 unspecified atom stereocenters. The number of hydrogen-bond acceptors (Lipinski definition) is 6. The number of carbonyl (C=O) groups excluding carboxylic acids is 2. The first-order chi connectivity index (χ1) is 17.8. The molecule has 196 valence electrons. The molecule has 1 aliphatic rings. The van der Waals surface area contributed by atoms with Crippen molar-refractivity contribution in [3.63, 3.8) is 0 Å². The number of fused-ring (bicyclic) bond motifs is 3. The molecule has 2 amide bonds. The number of carbonyl (C=O) groups is 2. The molecule has 0 spiro atoms. The maximum atomic E-state index is 13.0. The van der Waals surface area contributed by atoms with Gasteiger partial charge in [0, 0.05) is 23.7 Å². The number of hydrogen-bond donors (Lipinski definition) is 3. The summed E-state index contributed by atoms with van der Waals surface area (Å²) in [5, 5.41) is 11.3. The fraction of sp³-hybridized carbons (Fsp3) is 0.167. The van der Waals surface area contributed by atoms with Gasteiger partial charge in [-0.25, -0.2) is 18.5 Å². The van der Waals surface area contributed by atoms with E-state index >= 15 is 0 Å². The van der Waals surface area contributed by atoms with E-state index in [1.54, 1.807) is 16.7 Å². The maximum Gasteiger partial charge on any atom is 0.433 e. The van der Waals surface area contributed by atoms with E-state index in [4.69, 9.17) is 5.14 Å². The largest absolute Gasteiger partial charge is 0.433 e. The van der Waals surface area contributed by atoms with Gasteiger partial charge in [0.25, 0.3) is 11.8 Å². The molecule has 0 fully saturated rings. The highest BCUT2D eigenvalue weighted by Gasteiger charge is 2.32. The zero-order valence-electron chi connectivity index (χ0n) is 19.6. The van der Waals surface area contributed by atoms with Crippen molar-refractivity contribution < 1.29 is 31.2 Å². The molecule has 10 nitrogen and oxygen atoms in total. The van der Waals surface area contributed by atoms with Crippen LogP contribution >= 0.6 is 0 Å². The van der Waals surface area contributed by atoms with E-state index in [2.05, 4.69) is 20.6 Å². The molecule has 0 saturated heterocycles. The number of halogens is 3. The number of amides is 2. The van der Waals surface area contributed by atoms with Crippen LogP contribution in [0.4, 0.5) is 18.9 Å².